The van der Waals surface area contributed by atoms with Crippen molar-refractivity contribution in [3.63, 3.8) is 0 Å². The van der Waals surface area contributed by atoms with Crippen LogP contribution in [-0.4, -0.2) is 23.0 Å². The Morgan fingerprint density at radius 3 is 2.70 bits per heavy atom. The van der Waals surface area contributed by atoms with Crippen LogP contribution in [0.4, 0.5) is 16.3 Å². The third-order valence-corrected chi connectivity index (χ3v) is 3.45. The van der Waals surface area contributed by atoms with Gasteiger partial charge in [-0.3, -0.25) is 4.79 Å². The molecule has 1 aromatic heterocycles. The van der Waals surface area contributed by atoms with E-state index in [1.54, 1.807) is 36.5 Å². The molecule has 6 nitrogen and oxygen atoms in total. The first kappa shape index (κ1) is 15.0. The van der Waals surface area contributed by atoms with Gasteiger partial charge in [-0.05, 0) is 55.7 Å². The molecule has 6 heteroatoms. The van der Waals surface area contributed by atoms with Crippen LogP contribution in [0.15, 0.2) is 42.6 Å². The zero-order chi connectivity index (χ0) is 16.2. The Morgan fingerprint density at radius 1 is 1.13 bits per heavy atom. The summed E-state index contributed by atoms with van der Waals surface area (Å²) in [5.74, 6) is 0.231. The lowest BCUT2D eigenvalue weighted by molar-refractivity contribution is 0.102. The fourth-order valence-corrected chi connectivity index (χ4v) is 2.11. The van der Waals surface area contributed by atoms with Gasteiger partial charge in [0.2, 0.25) is 0 Å². The van der Waals surface area contributed by atoms with E-state index in [0.29, 0.717) is 17.1 Å². The van der Waals surface area contributed by atoms with E-state index in [-0.39, 0.29) is 18.0 Å². The van der Waals surface area contributed by atoms with Crippen molar-refractivity contribution in [2.45, 2.75) is 25.8 Å². The van der Waals surface area contributed by atoms with Crippen molar-refractivity contribution in [2.75, 3.05) is 10.6 Å². The number of nitrogens with zero attached hydrogens (tertiary/aromatic N) is 1. The highest BCUT2D eigenvalue weighted by Gasteiger charge is 2.23. The van der Waals surface area contributed by atoms with Crippen LogP contribution >= 0.6 is 0 Å². The summed E-state index contributed by atoms with van der Waals surface area (Å²) in [5, 5.41) is 8.32. The van der Waals surface area contributed by atoms with Gasteiger partial charge in [0.05, 0.1) is 0 Å². The minimum absolute atomic E-state index is 0.245. The lowest BCUT2D eigenvalue weighted by Gasteiger charge is -2.09. The average Bonchev–Trinajstić information content (AvgIpc) is 3.31. The van der Waals surface area contributed by atoms with E-state index in [0.717, 1.165) is 18.4 Å². The number of benzene rings is 1. The lowest BCUT2D eigenvalue weighted by atomic mass is 10.2. The van der Waals surface area contributed by atoms with E-state index in [2.05, 4.69) is 20.9 Å². The lowest BCUT2D eigenvalue weighted by Crippen LogP contribution is -2.30. The first-order chi connectivity index (χ1) is 11.1. The van der Waals surface area contributed by atoms with Gasteiger partial charge in [0.25, 0.3) is 5.91 Å². The maximum Gasteiger partial charge on any atom is 0.319 e. The summed E-state index contributed by atoms with van der Waals surface area (Å²) >= 11 is 0. The van der Waals surface area contributed by atoms with E-state index in [9.17, 15) is 9.59 Å². The molecule has 0 spiro atoms. The molecule has 0 aliphatic heterocycles. The van der Waals surface area contributed by atoms with Crippen LogP contribution in [0.2, 0.25) is 0 Å². The van der Waals surface area contributed by atoms with Gasteiger partial charge in [-0.15, -0.1) is 0 Å². The van der Waals surface area contributed by atoms with E-state index >= 15 is 0 Å². The van der Waals surface area contributed by atoms with Crippen LogP contribution in [-0.2, 0) is 0 Å². The molecule has 0 unspecified atom stereocenters. The Labute approximate surface area is 134 Å². The molecule has 1 fully saturated rings. The number of anilines is 2. The molecule has 3 N–H and O–H groups in total. The second-order valence-electron chi connectivity index (χ2n) is 5.63. The predicted octanol–water partition coefficient (Wildman–Crippen LogP) is 2.93. The molecule has 0 bridgehead atoms. The first-order valence-corrected chi connectivity index (χ1v) is 7.52. The zero-order valence-electron chi connectivity index (χ0n) is 12.8. The third-order valence-electron chi connectivity index (χ3n) is 3.45. The molecule has 118 valence electrons. The predicted molar refractivity (Wildman–Crippen MR) is 88.5 cm³/mol. The highest BCUT2D eigenvalue weighted by atomic mass is 16.2. The van der Waals surface area contributed by atoms with E-state index in [1.807, 2.05) is 13.0 Å². The highest BCUT2D eigenvalue weighted by molar-refractivity contribution is 6.04. The summed E-state index contributed by atoms with van der Waals surface area (Å²) in [6, 6.07) is 10.5. The second kappa shape index (κ2) is 6.48. The van der Waals surface area contributed by atoms with Gasteiger partial charge in [-0.1, -0.05) is 6.07 Å². The van der Waals surface area contributed by atoms with E-state index in [4.69, 9.17) is 0 Å². The number of carbonyl (C=O) groups is 2. The molecule has 0 saturated heterocycles. The second-order valence-corrected chi connectivity index (χ2v) is 5.63. The Hall–Kier alpha value is -2.89. The Kier molecular flexibility index (Phi) is 4.23. The van der Waals surface area contributed by atoms with Crippen molar-refractivity contribution in [1.82, 2.24) is 10.3 Å². The van der Waals surface area contributed by atoms with Crippen molar-refractivity contribution in [1.29, 1.82) is 0 Å². The average molecular weight is 310 g/mol. The van der Waals surface area contributed by atoms with Crippen molar-refractivity contribution in [3.05, 3.63) is 53.7 Å². The number of hydrogen-bond donors (Lipinski definition) is 3. The summed E-state index contributed by atoms with van der Waals surface area (Å²) in [4.78, 5) is 28.1. The number of pyridine rings is 1. The molecular formula is C17H18N4O2. The van der Waals surface area contributed by atoms with Crippen LogP contribution in [0.3, 0.4) is 0 Å². The van der Waals surface area contributed by atoms with Gasteiger partial charge < -0.3 is 16.0 Å². The topological polar surface area (TPSA) is 83.1 Å². The Bertz CT molecular complexity index is 741. The van der Waals surface area contributed by atoms with Crippen LogP contribution in [0.1, 0.15) is 28.8 Å². The molecule has 3 amide bonds. The number of urea groups is 1. The minimum Gasteiger partial charge on any atom is -0.335 e. The summed E-state index contributed by atoms with van der Waals surface area (Å²) in [6.45, 7) is 1.93. The van der Waals surface area contributed by atoms with Gasteiger partial charge in [0.15, 0.2) is 0 Å². The van der Waals surface area contributed by atoms with Gasteiger partial charge in [-0.2, -0.15) is 0 Å². The maximum absolute atomic E-state index is 12.3. The molecule has 0 atom stereocenters. The molecule has 1 aliphatic rings. The fourth-order valence-electron chi connectivity index (χ4n) is 2.11. The van der Waals surface area contributed by atoms with Crippen LogP contribution in [0, 0.1) is 6.92 Å². The molecule has 1 aliphatic carbocycles. The summed E-state index contributed by atoms with van der Waals surface area (Å²) < 4.78 is 0. The Morgan fingerprint density at radius 2 is 1.96 bits per heavy atom. The quantitative estimate of drug-likeness (QED) is 0.812. The molecule has 1 saturated carbocycles. The number of aromatic nitrogens is 1. The monoisotopic (exact) mass is 310 g/mol. The summed E-state index contributed by atoms with van der Waals surface area (Å²) in [7, 11) is 0. The summed E-state index contributed by atoms with van der Waals surface area (Å²) in [5.41, 5.74) is 2.05. The molecule has 23 heavy (non-hydrogen) atoms. The first-order valence-electron chi connectivity index (χ1n) is 7.52. The van der Waals surface area contributed by atoms with Crippen molar-refractivity contribution in [3.8, 4) is 0 Å². The Balaban J connectivity index is 1.65. The number of rotatable bonds is 4. The fraction of sp³-hybridized carbons (Fsp3) is 0.235. The van der Waals surface area contributed by atoms with Crippen LogP contribution in [0.25, 0.3) is 0 Å². The van der Waals surface area contributed by atoms with Crippen LogP contribution < -0.4 is 16.0 Å². The zero-order valence-corrected chi connectivity index (χ0v) is 12.8. The SMILES string of the molecule is Cc1ccnc(NC(=O)c2cccc(NC(=O)NC3CC3)c2)c1. The van der Waals surface area contributed by atoms with E-state index < -0.39 is 0 Å². The molecule has 1 heterocycles. The van der Waals surface area contributed by atoms with Gasteiger partial charge in [0.1, 0.15) is 5.82 Å². The maximum atomic E-state index is 12.3. The standard InChI is InChI=1S/C17H18N4O2/c1-11-7-8-18-15(9-11)21-16(22)12-3-2-4-14(10-12)20-17(23)19-13-5-6-13/h2-4,7-10,13H,5-6H2,1H3,(H,18,21,22)(H2,19,20,23). The largest absolute Gasteiger partial charge is 0.335 e. The van der Waals surface area contributed by atoms with Crippen molar-refractivity contribution >= 4 is 23.4 Å². The van der Waals surface area contributed by atoms with Gasteiger partial charge >= 0.3 is 6.03 Å². The number of aryl methyl sites for hydroxylation is 1. The molecular weight excluding hydrogens is 292 g/mol. The molecule has 3 rings (SSSR count). The number of nitrogens with one attached hydrogen (secondary N) is 3. The molecule has 2 aromatic rings. The van der Waals surface area contributed by atoms with E-state index in [1.165, 1.54) is 0 Å². The number of amides is 3. The normalized spacial score (nSPS) is 13.3. The van der Waals surface area contributed by atoms with Gasteiger partial charge in [-0.25, -0.2) is 9.78 Å². The number of carbonyl (C=O) groups excluding carboxylic acids is 2. The molecule has 0 radical (unpaired) electrons. The minimum atomic E-state index is -0.269. The van der Waals surface area contributed by atoms with Crippen LogP contribution in [0.5, 0.6) is 0 Å². The van der Waals surface area contributed by atoms with Gasteiger partial charge in [0, 0.05) is 23.5 Å². The third kappa shape index (κ3) is 4.29. The highest BCUT2D eigenvalue weighted by Crippen LogP contribution is 2.19. The summed E-state index contributed by atoms with van der Waals surface area (Å²) in [6.07, 6.45) is 3.70. The molecule has 1 aromatic carbocycles. The van der Waals surface area contributed by atoms with Crippen molar-refractivity contribution in [2.24, 2.45) is 0 Å². The smallest absolute Gasteiger partial charge is 0.319 e. The number of hydrogen-bond acceptors (Lipinski definition) is 3. The van der Waals surface area contributed by atoms with Crippen molar-refractivity contribution < 1.29 is 9.59 Å².